The molecule has 5 aromatic heterocycles. The maximum absolute atomic E-state index is 10.9. The van der Waals surface area contributed by atoms with Gasteiger partial charge >= 0.3 is 5.97 Å². The zero-order chi connectivity index (χ0) is 44.0. The summed E-state index contributed by atoms with van der Waals surface area (Å²) in [7, 11) is 1.38. The fourth-order valence-corrected chi connectivity index (χ4v) is 4.01. The molecule has 0 radical (unpaired) electrons. The quantitative estimate of drug-likeness (QED) is 0.0916. The highest BCUT2D eigenvalue weighted by Gasteiger charge is 2.02. The number of ether oxygens (including phenoxy) is 1. The van der Waals surface area contributed by atoms with Crippen molar-refractivity contribution in [1.82, 2.24) is 54.8 Å². The van der Waals surface area contributed by atoms with Gasteiger partial charge in [-0.05, 0) is 78.3 Å². The van der Waals surface area contributed by atoms with Gasteiger partial charge in [-0.3, -0.25) is 20.1 Å². The molecule has 0 saturated carbocycles. The molecule has 5 heterocycles. The molecule has 0 unspecified atom stereocenters. The minimum Gasteiger partial charge on any atom is -0.465 e. The summed E-state index contributed by atoms with van der Waals surface area (Å²) in [6, 6.07) is 23.6. The molecule has 0 aliphatic heterocycles. The Bertz CT molecular complexity index is 2210. The lowest BCUT2D eigenvalue weighted by molar-refractivity contribution is -0.384. The molecular weight excluding hydrogens is 761 g/mol. The SMILES string of the molecule is COC(=O)c1ccc(C)cc1.Cc1ccc([N+](=O)[O-])cc1.Cc1ccncn1.Cc1cnccn1.Cc1cncnc1.Cc1ncnc2ccccc12.Cc1ncncn1. The molecular formula is C44H48N12O4. The van der Waals surface area contributed by atoms with Crippen molar-refractivity contribution < 1.29 is 14.5 Å². The Balaban J connectivity index is 0.000000244. The number of non-ortho nitro benzene ring substituents is 1. The summed E-state index contributed by atoms with van der Waals surface area (Å²) in [6.45, 7) is 13.5. The normalized spacial score (nSPS) is 9.20. The van der Waals surface area contributed by atoms with E-state index in [4.69, 9.17) is 0 Å². The van der Waals surface area contributed by atoms with Gasteiger partial charge in [0.15, 0.2) is 0 Å². The standard InChI is InChI=1S/C9H8N2.C9H10O2.C7H7NO2.3C5H6N2.C4H5N3/c1-7-8-4-2-3-5-9(8)11-6-10-7;1-7-3-5-8(6-4-7)9(10)11-2;1-6-2-4-7(5-3-6)8(9)10;1-5-2-6-4-7-3-5;1-5-4-6-2-3-7-5;1-5-2-3-6-4-7-5;1-4-6-2-5-3-7-4/h2-6H,1H3;3-6H,1-2H3;2-5H,1H3;3*2-4H,1H3;2-3H,1H3. The van der Waals surface area contributed by atoms with Crippen molar-refractivity contribution in [3.05, 3.63) is 203 Å². The number of carbonyl (C=O) groups excluding carboxylic acids is 1. The largest absolute Gasteiger partial charge is 0.465 e. The van der Waals surface area contributed by atoms with Crippen LogP contribution in [0.2, 0.25) is 0 Å². The molecule has 16 nitrogen and oxygen atoms in total. The van der Waals surface area contributed by atoms with Crippen molar-refractivity contribution in [2.45, 2.75) is 48.5 Å². The predicted molar refractivity (Wildman–Crippen MR) is 229 cm³/mol. The van der Waals surface area contributed by atoms with Crippen LogP contribution >= 0.6 is 0 Å². The number of benzene rings is 3. The van der Waals surface area contributed by atoms with Crippen LogP contribution in [0.5, 0.6) is 0 Å². The average molecular weight is 809 g/mol. The van der Waals surface area contributed by atoms with E-state index in [0.29, 0.717) is 5.56 Å². The van der Waals surface area contributed by atoms with Crippen molar-refractivity contribution in [2.75, 3.05) is 7.11 Å². The van der Waals surface area contributed by atoms with Gasteiger partial charge in [0.05, 0.1) is 28.8 Å². The van der Waals surface area contributed by atoms with Gasteiger partial charge in [0.2, 0.25) is 0 Å². The van der Waals surface area contributed by atoms with Crippen molar-refractivity contribution in [2.24, 2.45) is 0 Å². The second-order valence-corrected chi connectivity index (χ2v) is 12.2. The molecule has 0 bridgehead atoms. The van der Waals surface area contributed by atoms with Crippen LogP contribution in [-0.2, 0) is 4.74 Å². The molecule has 0 amide bonds. The van der Waals surface area contributed by atoms with Crippen LogP contribution in [0.1, 0.15) is 50.0 Å². The van der Waals surface area contributed by atoms with E-state index in [-0.39, 0.29) is 11.7 Å². The van der Waals surface area contributed by atoms with Crippen molar-refractivity contribution in [1.29, 1.82) is 0 Å². The first-order valence-corrected chi connectivity index (χ1v) is 18.2. The number of methoxy groups -OCH3 is 1. The summed E-state index contributed by atoms with van der Waals surface area (Å²) < 4.78 is 4.54. The third-order valence-electron chi connectivity index (χ3n) is 7.19. The number of carbonyl (C=O) groups is 1. The number of aromatic nitrogens is 11. The van der Waals surface area contributed by atoms with E-state index < -0.39 is 4.92 Å². The number of hydrogen-bond donors (Lipinski definition) is 0. The smallest absolute Gasteiger partial charge is 0.337 e. The molecule has 3 aromatic carbocycles. The highest BCUT2D eigenvalue weighted by molar-refractivity contribution is 5.89. The molecule has 16 heteroatoms. The molecule has 8 aromatic rings. The van der Waals surface area contributed by atoms with Crippen molar-refractivity contribution in [3.8, 4) is 0 Å². The summed E-state index contributed by atoms with van der Waals surface area (Å²) in [5, 5.41) is 11.3. The fourth-order valence-electron chi connectivity index (χ4n) is 4.01. The number of nitrogens with zero attached hydrogens (tertiary/aromatic N) is 12. The lowest BCUT2D eigenvalue weighted by Crippen LogP contribution is -2.00. The van der Waals surface area contributed by atoms with Gasteiger partial charge in [0.1, 0.15) is 37.5 Å². The number of nitro benzene ring substituents is 1. The van der Waals surface area contributed by atoms with Gasteiger partial charge in [-0.1, -0.05) is 53.6 Å². The second-order valence-electron chi connectivity index (χ2n) is 12.2. The van der Waals surface area contributed by atoms with Gasteiger partial charge in [-0.2, -0.15) is 0 Å². The topological polar surface area (TPSA) is 211 Å². The number of rotatable bonds is 2. The number of esters is 1. The zero-order valence-corrected chi connectivity index (χ0v) is 34.9. The van der Waals surface area contributed by atoms with E-state index in [1.807, 2.05) is 90.9 Å². The molecule has 0 saturated heterocycles. The highest BCUT2D eigenvalue weighted by atomic mass is 16.6. The molecule has 0 N–H and O–H groups in total. The van der Waals surface area contributed by atoms with Gasteiger partial charge in [0, 0.05) is 66.1 Å². The molecule has 8 rings (SSSR count). The van der Waals surface area contributed by atoms with Crippen LogP contribution in [-0.4, -0.2) is 72.8 Å². The third-order valence-corrected chi connectivity index (χ3v) is 7.19. The number of hydrogen-bond acceptors (Lipinski definition) is 15. The highest BCUT2D eigenvalue weighted by Crippen LogP contribution is 2.12. The summed E-state index contributed by atoms with van der Waals surface area (Å²) in [4.78, 5) is 62.9. The minimum atomic E-state index is -0.403. The van der Waals surface area contributed by atoms with Gasteiger partial charge in [-0.25, -0.2) is 49.7 Å². The monoisotopic (exact) mass is 808 g/mol. The lowest BCUT2D eigenvalue weighted by atomic mass is 10.2. The molecule has 0 spiro atoms. The first-order chi connectivity index (χ1) is 28.9. The Morgan fingerprint density at radius 2 is 1.15 bits per heavy atom. The van der Waals surface area contributed by atoms with Crippen LogP contribution in [0, 0.1) is 58.6 Å². The number of para-hydroxylation sites is 1. The van der Waals surface area contributed by atoms with Crippen LogP contribution < -0.4 is 0 Å². The average Bonchev–Trinajstić information content (AvgIpc) is 3.26. The molecule has 0 fully saturated rings. The van der Waals surface area contributed by atoms with E-state index in [2.05, 4.69) is 59.6 Å². The van der Waals surface area contributed by atoms with E-state index >= 15 is 0 Å². The Kier molecular flexibility index (Phi) is 22.9. The molecule has 0 aliphatic carbocycles. The summed E-state index contributed by atoms with van der Waals surface area (Å²) in [5.41, 5.74) is 8.03. The summed E-state index contributed by atoms with van der Waals surface area (Å²) in [5.74, 6) is 0.472. The summed E-state index contributed by atoms with van der Waals surface area (Å²) >= 11 is 0. The van der Waals surface area contributed by atoms with Gasteiger partial charge < -0.3 is 4.74 Å². The van der Waals surface area contributed by atoms with Gasteiger partial charge in [-0.15, -0.1) is 0 Å². The van der Waals surface area contributed by atoms with E-state index in [9.17, 15) is 14.9 Å². The Morgan fingerprint density at radius 3 is 1.57 bits per heavy atom. The number of nitro groups is 1. The minimum absolute atomic E-state index is 0.144. The Labute approximate surface area is 349 Å². The Hall–Kier alpha value is -7.88. The van der Waals surface area contributed by atoms with Crippen LogP contribution in [0.25, 0.3) is 10.9 Å². The van der Waals surface area contributed by atoms with E-state index in [0.717, 1.165) is 50.5 Å². The van der Waals surface area contributed by atoms with Crippen LogP contribution in [0.3, 0.4) is 0 Å². The first kappa shape index (κ1) is 48.3. The maximum Gasteiger partial charge on any atom is 0.337 e. The van der Waals surface area contributed by atoms with Gasteiger partial charge in [0.25, 0.3) is 5.69 Å². The third kappa shape index (κ3) is 21.4. The number of aryl methyl sites for hydroxylation is 7. The van der Waals surface area contributed by atoms with Crippen LogP contribution in [0.15, 0.2) is 148 Å². The van der Waals surface area contributed by atoms with E-state index in [1.165, 1.54) is 44.6 Å². The second kappa shape index (κ2) is 28.5. The number of fused-ring (bicyclic) bond motifs is 1. The molecule has 308 valence electrons. The summed E-state index contributed by atoms with van der Waals surface area (Å²) in [6.07, 6.45) is 17.9. The lowest BCUT2D eigenvalue weighted by Gasteiger charge is -1.97. The zero-order valence-electron chi connectivity index (χ0n) is 34.9. The first-order valence-electron chi connectivity index (χ1n) is 18.2. The fraction of sp³-hybridized carbons (Fsp3) is 0.182. The molecule has 0 aliphatic rings. The maximum atomic E-state index is 10.9. The predicted octanol–water partition coefficient (Wildman–Crippen LogP) is 8.16. The van der Waals surface area contributed by atoms with Crippen molar-refractivity contribution >= 4 is 22.6 Å². The molecule has 60 heavy (non-hydrogen) atoms. The Morgan fingerprint density at radius 1 is 0.533 bits per heavy atom. The van der Waals surface area contributed by atoms with Crippen LogP contribution in [0.4, 0.5) is 5.69 Å². The van der Waals surface area contributed by atoms with Crippen molar-refractivity contribution in [3.63, 3.8) is 0 Å². The molecule has 0 atom stereocenters. The van der Waals surface area contributed by atoms with E-state index in [1.54, 1.807) is 67.8 Å².